The molecule has 2 N–H and O–H groups in total. The van der Waals surface area contributed by atoms with Gasteiger partial charge in [-0.25, -0.2) is 14.6 Å². The number of carbonyl (C=O) groups is 3. The lowest BCUT2D eigenvalue weighted by Crippen LogP contribution is -2.22. The van der Waals surface area contributed by atoms with Gasteiger partial charge < -0.3 is 15.1 Å². The van der Waals surface area contributed by atoms with Crippen molar-refractivity contribution in [3.63, 3.8) is 0 Å². The molecule has 0 saturated heterocycles. The lowest BCUT2D eigenvalue weighted by atomic mass is 10.3. The van der Waals surface area contributed by atoms with Crippen LogP contribution in [0.5, 0.6) is 0 Å². The number of carbonyl (C=O) groups excluding carboxylic acids is 1. The number of aliphatic carboxylic acids is 2. The normalized spacial score (nSPS) is 12.7. The van der Waals surface area contributed by atoms with Crippen molar-refractivity contribution in [3.8, 4) is 0 Å². The van der Waals surface area contributed by atoms with Crippen molar-refractivity contribution in [3.05, 3.63) is 23.9 Å². The first kappa shape index (κ1) is 17.1. The van der Waals surface area contributed by atoms with Gasteiger partial charge in [-0.15, -0.1) is 0 Å². The number of nitrogens with zero attached hydrogens (tertiary/aromatic N) is 4. The average Bonchev–Trinajstić information content (AvgIpc) is 2.72. The summed E-state index contributed by atoms with van der Waals surface area (Å²) in [5, 5.41) is 15.6. The van der Waals surface area contributed by atoms with Crippen molar-refractivity contribution >= 4 is 29.6 Å². The number of amides is 1. The molecule has 0 bridgehead atoms. The molecule has 9 heteroatoms. The van der Waals surface area contributed by atoms with E-state index in [0.717, 1.165) is 11.4 Å². The third-order valence-electron chi connectivity index (χ3n) is 2.63. The second-order valence-corrected chi connectivity index (χ2v) is 4.55. The molecular weight excluding hydrogens is 292 g/mol. The highest BCUT2D eigenvalue weighted by Gasteiger charge is 2.26. The summed E-state index contributed by atoms with van der Waals surface area (Å²) in [5.74, 6) is -1.08. The smallest absolute Gasteiger partial charge is 0.328 e. The Labute approximate surface area is 126 Å². The third-order valence-corrected chi connectivity index (χ3v) is 2.63. The standard InChI is InChI=1S/C9H12N4O.C4H4O4/c1-12(2)9-10-5-6-4-7(14)13(3)8(6)11-9;5-3(6)1-2-4(7)8/h5H,4H2,1-3H3;1-2H,(H,5,6)(H,7,8)/b;2-1-. The van der Waals surface area contributed by atoms with E-state index in [4.69, 9.17) is 10.2 Å². The van der Waals surface area contributed by atoms with Crippen LogP contribution < -0.4 is 9.80 Å². The molecule has 1 aromatic rings. The molecule has 0 aromatic carbocycles. The maximum Gasteiger partial charge on any atom is 0.328 e. The van der Waals surface area contributed by atoms with Crippen molar-refractivity contribution in [1.29, 1.82) is 0 Å². The summed E-state index contributed by atoms with van der Waals surface area (Å²) in [6.45, 7) is 0. The number of likely N-dealkylation sites (N-methyl/N-ethyl adjacent to an activating group) is 1. The number of fused-ring (bicyclic) bond motifs is 1. The number of hydrogen-bond acceptors (Lipinski definition) is 6. The highest BCUT2D eigenvalue weighted by molar-refractivity contribution is 5.99. The zero-order chi connectivity index (χ0) is 16.9. The van der Waals surface area contributed by atoms with Crippen molar-refractivity contribution in [2.75, 3.05) is 30.9 Å². The molecule has 2 rings (SSSR count). The van der Waals surface area contributed by atoms with E-state index in [1.54, 1.807) is 18.1 Å². The predicted octanol–water partition coefficient (Wildman–Crippen LogP) is -0.227. The molecule has 1 aliphatic heterocycles. The number of anilines is 2. The van der Waals surface area contributed by atoms with Gasteiger partial charge in [-0.05, 0) is 0 Å². The van der Waals surface area contributed by atoms with Gasteiger partial charge in [0.15, 0.2) is 0 Å². The Hall–Kier alpha value is -2.97. The van der Waals surface area contributed by atoms with Crippen LogP contribution in [0.1, 0.15) is 5.56 Å². The number of carboxylic acid groups (broad SMARTS) is 2. The molecule has 22 heavy (non-hydrogen) atoms. The Kier molecular flexibility index (Phi) is 5.56. The van der Waals surface area contributed by atoms with Gasteiger partial charge in [0.1, 0.15) is 5.82 Å². The molecule has 1 aromatic heterocycles. The molecule has 0 atom stereocenters. The van der Waals surface area contributed by atoms with Crippen LogP contribution in [0.2, 0.25) is 0 Å². The highest BCUT2D eigenvalue weighted by Crippen LogP contribution is 2.25. The molecule has 1 amide bonds. The van der Waals surface area contributed by atoms with Gasteiger partial charge in [-0.3, -0.25) is 9.69 Å². The Morgan fingerprint density at radius 3 is 2.27 bits per heavy atom. The van der Waals surface area contributed by atoms with Gasteiger partial charge in [0.25, 0.3) is 0 Å². The van der Waals surface area contributed by atoms with E-state index in [9.17, 15) is 14.4 Å². The van der Waals surface area contributed by atoms with E-state index in [-0.39, 0.29) is 5.91 Å². The maximum absolute atomic E-state index is 11.4. The number of aromatic nitrogens is 2. The van der Waals surface area contributed by atoms with E-state index >= 15 is 0 Å². The van der Waals surface area contributed by atoms with Crippen molar-refractivity contribution in [1.82, 2.24) is 9.97 Å². The fraction of sp³-hybridized carbons (Fsp3) is 0.308. The first-order chi connectivity index (χ1) is 10.2. The lowest BCUT2D eigenvalue weighted by Gasteiger charge is -2.13. The minimum absolute atomic E-state index is 0.0743. The molecule has 0 radical (unpaired) electrons. The van der Waals surface area contributed by atoms with E-state index < -0.39 is 11.9 Å². The highest BCUT2D eigenvalue weighted by atomic mass is 16.4. The summed E-state index contributed by atoms with van der Waals surface area (Å²) in [6, 6.07) is 0. The van der Waals surface area contributed by atoms with Crippen LogP contribution in [0, 0.1) is 0 Å². The van der Waals surface area contributed by atoms with Crippen LogP contribution in [0.25, 0.3) is 0 Å². The van der Waals surface area contributed by atoms with Gasteiger partial charge in [0, 0.05) is 45.1 Å². The number of carboxylic acids is 2. The van der Waals surface area contributed by atoms with Gasteiger partial charge >= 0.3 is 11.9 Å². The van der Waals surface area contributed by atoms with Gasteiger partial charge in [-0.1, -0.05) is 0 Å². The second kappa shape index (κ2) is 7.16. The van der Waals surface area contributed by atoms with Crippen LogP contribution in [-0.2, 0) is 20.8 Å². The fourth-order valence-electron chi connectivity index (χ4n) is 1.56. The Bertz CT molecular complexity index is 611. The van der Waals surface area contributed by atoms with E-state index in [2.05, 4.69) is 9.97 Å². The lowest BCUT2D eigenvalue weighted by molar-refractivity contribution is -0.134. The van der Waals surface area contributed by atoms with E-state index in [0.29, 0.717) is 24.5 Å². The van der Waals surface area contributed by atoms with Gasteiger partial charge in [0.2, 0.25) is 11.9 Å². The fourth-order valence-corrected chi connectivity index (χ4v) is 1.56. The third kappa shape index (κ3) is 4.54. The Balaban J connectivity index is 0.000000261. The van der Waals surface area contributed by atoms with Crippen molar-refractivity contribution in [2.45, 2.75) is 6.42 Å². The van der Waals surface area contributed by atoms with E-state index in [1.807, 2.05) is 19.0 Å². The summed E-state index contributed by atoms with van der Waals surface area (Å²) in [7, 11) is 5.48. The zero-order valence-corrected chi connectivity index (χ0v) is 12.3. The molecule has 0 aliphatic carbocycles. The summed E-state index contributed by atoms with van der Waals surface area (Å²) in [6.07, 6.45) is 3.25. The van der Waals surface area contributed by atoms with Crippen LogP contribution in [-0.4, -0.2) is 59.2 Å². The zero-order valence-electron chi connectivity index (χ0n) is 12.3. The van der Waals surface area contributed by atoms with Crippen LogP contribution in [0.4, 0.5) is 11.8 Å². The SMILES string of the molecule is CN(C)c1ncc2c(n1)N(C)C(=O)C2.O=C(O)/C=C\C(=O)O. The monoisotopic (exact) mass is 308 g/mol. The largest absolute Gasteiger partial charge is 0.478 e. The quantitative estimate of drug-likeness (QED) is 0.734. The molecule has 0 fully saturated rings. The summed E-state index contributed by atoms with van der Waals surface area (Å²) in [4.78, 5) is 42.3. The number of rotatable bonds is 3. The first-order valence-corrected chi connectivity index (χ1v) is 6.16. The van der Waals surface area contributed by atoms with Gasteiger partial charge in [-0.2, -0.15) is 4.98 Å². The van der Waals surface area contributed by atoms with Crippen LogP contribution >= 0.6 is 0 Å². The summed E-state index contributed by atoms with van der Waals surface area (Å²) < 4.78 is 0. The van der Waals surface area contributed by atoms with Crippen LogP contribution in [0.15, 0.2) is 18.3 Å². The van der Waals surface area contributed by atoms with Crippen molar-refractivity contribution in [2.24, 2.45) is 0 Å². The van der Waals surface area contributed by atoms with Gasteiger partial charge in [0.05, 0.1) is 6.42 Å². The minimum atomic E-state index is -1.26. The predicted molar refractivity (Wildman–Crippen MR) is 77.9 cm³/mol. The molecule has 1 aliphatic rings. The average molecular weight is 308 g/mol. The topological polar surface area (TPSA) is 124 Å². The second-order valence-electron chi connectivity index (χ2n) is 4.55. The number of hydrogen-bond donors (Lipinski definition) is 2. The molecular formula is C13H16N4O5. The Morgan fingerprint density at radius 2 is 1.82 bits per heavy atom. The molecule has 2 heterocycles. The molecule has 9 nitrogen and oxygen atoms in total. The molecule has 118 valence electrons. The maximum atomic E-state index is 11.4. The van der Waals surface area contributed by atoms with E-state index in [1.165, 1.54) is 0 Å². The van der Waals surface area contributed by atoms with Crippen molar-refractivity contribution < 1.29 is 24.6 Å². The minimum Gasteiger partial charge on any atom is -0.478 e. The Morgan fingerprint density at radius 1 is 1.27 bits per heavy atom. The first-order valence-electron chi connectivity index (χ1n) is 6.16. The van der Waals surface area contributed by atoms with Crippen LogP contribution in [0.3, 0.4) is 0 Å². The molecule has 0 spiro atoms. The summed E-state index contributed by atoms with van der Waals surface area (Å²) in [5.41, 5.74) is 0.906. The summed E-state index contributed by atoms with van der Waals surface area (Å²) >= 11 is 0. The molecule has 0 unspecified atom stereocenters. The molecule has 0 saturated carbocycles.